The molecule has 9 atom stereocenters. The van der Waals surface area contributed by atoms with Crippen LogP contribution in [0.3, 0.4) is 0 Å². The van der Waals surface area contributed by atoms with Gasteiger partial charge in [0, 0.05) is 80.3 Å². The summed E-state index contributed by atoms with van der Waals surface area (Å²) in [6, 6.07) is 17.7. The molecule has 4 aliphatic heterocycles. The van der Waals surface area contributed by atoms with E-state index < -0.39 is 107 Å². The Morgan fingerprint density at radius 1 is 0.922 bits per heavy atom. The number of aliphatic hydroxyl groups excluding tert-OH is 1. The molecule has 103 heavy (non-hydrogen) atoms. The third kappa shape index (κ3) is 18.9. The standard InChI is InChI=1S/C76H93FN12O14/c1-9-35-87-46-54(57-43-55(77)27-30-61(57)87)42-60-70(96)89-37-32-63-76(89,62(102-63)20-15-18-48-17-14-19-51(38-48)41-58(67(93)82-60)84-73(99)103-74(4,5)6)72(98)85-66(47(3)90)68(94)83-59(40-49-24-28-56(100-8)29-25-49)69(95)88-36-16-33-75(88,7)71(97)79-34-31-50-23-26-52(53(39-50)45-81-86-78)44-80-64(91)21-12-11-13-22-65(92)101-10-2/h1,14-15,17,19-20,23-30,38-39,43,46-47,58-60,62-63,66,90H,10-13,16,18,21-22,31-37,40-42,44-45H2,2-8H3,(H,79,97)(H,80,91)(H,82,93)(H,83,94)(H,84,99)(H,85,98)/b20-15+/t47-,58+,59+,60+,62?,63+,66+,75+,76+/m1/s1. The highest BCUT2D eigenvalue weighted by atomic mass is 19.1. The van der Waals surface area contributed by atoms with Crippen LogP contribution in [0.4, 0.5) is 9.18 Å². The zero-order chi connectivity index (χ0) is 74.2. The number of allylic oxidation sites excluding steroid dienone is 1. The molecule has 0 spiro atoms. The summed E-state index contributed by atoms with van der Waals surface area (Å²) in [5, 5.41) is 33.0. The maximum atomic E-state index is 16.0. The lowest BCUT2D eigenvalue weighted by atomic mass is 9.78. The van der Waals surface area contributed by atoms with Gasteiger partial charge in [-0.05, 0) is 161 Å². The number of hydrogen-bond donors (Lipinski definition) is 7. The minimum absolute atomic E-state index is 0.00572. The molecule has 4 aliphatic rings. The molecule has 0 saturated carbocycles. The number of amides is 8. The van der Waals surface area contributed by atoms with Gasteiger partial charge in [0.05, 0.1) is 39.0 Å². The lowest BCUT2D eigenvalue weighted by Gasteiger charge is -2.53. The second-order valence-corrected chi connectivity index (χ2v) is 27.7. The number of halogens is 1. The van der Waals surface area contributed by atoms with Gasteiger partial charge in [-0.1, -0.05) is 84.2 Å². The molecule has 548 valence electrons. The summed E-state index contributed by atoms with van der Waals surface area (Å²) in [7, 11) is 1.50. The number of aromatic nitrogens is 1. The summed E-state index contributed by atoms with van der Waals surface area (Å²) >= 11 is 0. The average molecular weight is 1420 g/mol. The Kier molecular flexibility index (Phi) is 25.8. The smallest absolute Gasteiger partial charge is 0.408 e. The van der Waals surface area contributed by atoms with Crippen molar-refractivity contribution in [2.75, 3.05) is 33.4 Å². The molecule has 3 saturated heterocycles. The number of alkyl carbamates (subject to hydrolysis) is 1. The summed E-state index contributed by atoms with van der Waals surface area (Å²) < 4.78 is 39.4. The minimum atomic E-state index is -1.94. The van der Waals surface area contributed by atoms with E-state index in [0.717, 1.165) is 16.7 Å². The number of rotatable bonds is 28. The molecule has 3 fully saturated rings. The van der Waals surface area contributed by atoms with Crippen molar-refractivity contribution in [1.82, 2.24) is 46.3 Å². The number of methoxy groups -OCH3 is 1. The van der Waals surface area contributed by atoms with E-state index in [2.05, 4.69) is 47.8 Å². The van der Waals surface area contributed by atoms with Gasteiger partial charge in [0.1, 0.15) is 53.0 Å². The Morgan fingerprint density at radius 3 is 2.41 bits per heavy atom. The van der Waals surface area contributed by atoms with Gasteiger partial charge >= 0.3 is 12.1 Å². The van der Waals surface area contributed by atoms with E-state index in [0.29, 0.717) is 84.0 Å². The minimum Gasteiger partial charge on any atom is -0.497 e. The van der Waals surface area contributed by atoms with Crippen molar-refractivity contribution < 1.29 is 71.6 Å². The lowest BCUT2D eigenvalue weighted by molar-refractivity contribution is -0.211. The number of carbonyl (C=O) groups excluding carboxylic acids is 9. The Hall–Kier alpha value is -10.3. The van der Waals surface area contributed by atoms with Crippen LogP contribution in [0.1, 0.15) is 132 Å². The Balaban J connectivity index is 0.963. The molecule has 5 heterocycles. The van der Waals surface area contributed by atoms with Crippen molar-refractivity contribution in [2.24, 2.45) is 5.11 Å². The molecule has 7 N–H and O–H groups in total. The molecule has 0 radical (unpaired) electrons. The number of likely N-dealkylation sites (tertiary alicyclic amines) is 1. The first-order valence-corrected chi connectivity index (χ1v) is 35.1. The quantitative estimate of drug-likeness (QED) is 0.00521. The van der Waals surface area contributed by atoms with Crippen LogP contribution >= 0.6 is 0 Å². The predicted molar refractivity (Wildman–Crippen MR) is 379 cm³/mol. The van der Waals surface area contributed by atoms with E-state index in [4.69, 9.17) is 25.4 Å². The predicted octanol–water partition coefficient (Wildman–Crippen LogP) is 6.71. The Bertz CT molecular complexity index is 4080. The van der Waals surface area contributed by atoms with Crippen LogP contribution in [-0.2, 0) is 104 Å². The van der Waals surface area contributed by atoms with Crippen molar-refractivity contribution in [3.05, 3.63) is 158 Å². The van der Waals surface area contributed by atoms with Crippen LogP contribution in [0, 0.1) is 18.2 Å². The van der Waals surface area contributed by atoms with Gasteiger partial charge in [-0.3, -0.25) is 38.4 Å². The fourth-order valence-electron chi connectivity index (χ4n) is 14.0. The highest BCUT2D eigenvalue weighted by molar-refractivity contribution is 6.01. The largest absolute Gasteiger partial charge is 0.497 e. The Labute approximate surface area is 598 Å². The third-order valence-electron chi connectivity index (χ3n) is 19.3. The first kappa shape index (κ1) is 76.9. The van der Waals surface area contributed by atoms with Gasteiger partial charge in [-0.25, -0.2) is 9.18 Å². The van der Waals surface area contributed by atoms with Crippen LogP contribution in [0.15, 0.2) is 108 Å². The number of hydrogen-bond acceptors (Lipinski definition) is 15. The highest BCUT2D eigenvalue weighted by Gasteiger charge is 2.69. The summed E-state index contributed by atoms with van der Waals surface area (Å²) in [5.74, 6) is -2.43. The number of nitrogens with zero attached hydrogens (tertiary/aromatic N) is 6. The normalized spacial score (nSPS) is 21.2. The first-order valence-electron chi connectivity index (χ1n) is 35.1. The molecule has 1 aromatic heterocycles. The number of azide groups is 1. The zero-order valence-corrected chi connectivity index (χ0v) is 59.4. The maximum Gasteiger partial charge on any atom is 0.408 e. The molecule has 1 unspecified atom stereocenters. The van der Waals surface area contributed by atoms with E-state index in [1.54, 1.807) is 100.0 Å². The summed E-state index contributed by atoms with van der Waals surface area (Å²) in [4.78, 5) is 136. The number of aliphatic hydroxyl groups is 1. The van der Waals surface area contributed by atoms with Crippen LogP contribution in [0.2, 0.25) is 0 Å². The van der Waals surface area contributed by atoms with Gasteiger partial charge < -0.3 is 70.3 Å². The van der Waals surface area contributed by atoms with Crippen molar-refractivity contribution in [3.63, 3.8) is 0 Å². The topological polar surface area (TPSA) is 343 Å². The number of fused-ring (bicyclic) bond motifs is 3. The molecular formula is C76H93FN12O14. The highest BCUT2D eigenvalue weighted by Crippen LogP contribution is 2.47. The monoisotopic (exact) mass is 1420 g/mol. The number of esters is 1. The second kappa shape index (κ2) is 34.6. The van der Waals surface area contributed by atoms with Crippen molar-refractivity contribution in [3.8, 4) is 18.1 Å². The molecule has 8 amide bonds. The SMILES string of the molecule is C#CCn1cc(C[C@@H]2NC(=O)[C@@H](NC(=O)OC(C)(C)C)Cc3cccc(c3)C/C=C/C3O[C@H]4CCN(C2=O)[C@@]34C(=O)N[C@H](C(=O)N[C@@H](Cc2ccc(OC)cc2)C(=O)N2CCC[C@@]2(C)C(=O)NCCc2ccc(CNC(=O)CCCCCC(=O)OCC)c(CN=[N+]=[N-])c2)[C@@H](C)O)c2cc(F)ccc21. The average Bonchev–Trinajstić information content (AvgIpc) is 1.59. The van der Waals surface area contributed by atoms with Crippen molar-refractivity contribution in [2.45, 2.75) is 204 Å². The zero-order valence-electron chi connectivity index (χ0n) is 59.4. The maximum absolute atomic E-state index is 16.0. The van der Waals surface area contributed by atoms with E-state index >= 15 is 28.4 Å². The number of terminal acetylenes is 1. The first-order chi connectivity index (χ1) is 49.3. The number of carbonyl (C=O) groups is 9. The van der Waals surface area contributed by atoms with E-state index in [9.17, 15) is 29.8 Å². The van der Waals surface area contributed by atoms with E-state index in [-0.39, 0.29) is 96.1 Å². The Morgan fingerprint density at radius 2 is 1.68 bits per heavy atom. The van der Waals surface area contributed by atoms with Crippen LogP contribution in [-0.4, -0.2) is 165 Å². The van der Waals surface area contributed by atoms with Crippen LogP contribution in [0.5, 0.6) is 5.75 Å². The third-order valence-corrected chi connectivity index (χ3v) is 19.3. The summed E-state index contributed by atoms with van der Waals surface area (Å²) in [6.07, 6.45) is 9.60. The fourth-order valence-corrected chi connectivity index (χ4v) is 14.0. The molecule has 5 aromatic rings. The molecule has 26 nitrogen and oxygen atoms in total. The summed E-state index contributed by atoms with van der Waals surface area (Å²) in [6.45, 7) is 10.4. The van der Waals surface area contributed by atoms with Crippen LogP contribution in [0.25, 0.3) is 21.3 Å². The number of nitrogens with one attached hydrogen (secondary N) is 6. The molecular weight excluding hydrogens is 1320 g/mol. The van der Waals surface area contributed by atoms with Gasteiger partial charge in [-0.2, -0.15) is 0 Å². The number of unbranched alkanes of at least 4 members (excludes halogenated alkanes) is 2. The molecule has 9 rings (SSSR count). The van der Waals surface area contributed by atoms with Gasteiger partial charge in [0.15, 0.2) is 5.54 Å². The van der Waals surface area contributed by atoms with Crippen LogP contribution < -0.4 is 36.6 Å². The van der Waals surface area contributed by atoms with Crippen molar-refractivity contribution in [1.29, 1.82) is 0 Å². The molecule has 27 heteroatoms. The molecule has 2 bridgehead atoms. The van der Waals surface area contributed by atoms with Gasteiger partial charge in [-0.15, -0.1) is 6.42 Å². The fraction of sp³-hybridized carbons (Fsp3) is 0.487. The van der Waals surface area contributed by atoms with Gasteiger partial charge in [0.2, 0.25) is 35.4 Å². The van der Waals surface area contributed by atoms with E-state index in [1.807, 2.05) is 30.3 Å². The number of benzene rings is 4. The number of ether oxygens (including phenoxy) is 4. The summed E-state index contributed by atoms with van der Waals surface area (Å²) in [5.41, 5.74) is 10.1. The second-order valence-electron chi connectivity index (χ2n) is 27.7. The van der Waals surface area contributed by atoms with E-state index in [1.165, 1.54) is 36.0 Å². The van der Waals surface area contributed by atoms with Gasteiger partial charge in [0.25, 0.3) is 5.91 Å². The van der Waals surface area contributed by atoms with Crippen molar-refractivity contribution >= 4 is 64.3 Å². The molecule has 4 aromatic carbocycles. The lowest BCUT2D eigenvalue weighted by Crippen LogP contribution is -2.78. The molecule has 0 aliphatic carbocycles.